The molecule has 2 N–H and O–H groups in total. The fraction of sp³-hybridized carbons (Fsp3) is 0.444. The van der Waals surface area contributed by atoms with Gasteiger partial charge in [0.2, 0.25) is 10.9 Å². The van der Waals surface area contributed by atoms with Crippen LogP contribution in [0.3, 0.4) is 0 Å². The summed E-state index contributed by atoms with van der Waals surface area (Å²) in [4.78, 5) is 10.5. The molecule has 17 heavy (non-hydrogen) atoms. The van der Waals surface area contributed by atoms with Crippen LogP contribution < -0.4 is 4.72 Å². The maximum atomic E-state index is 11.6. The highest BCUT2D eigenvalue weighted by Crippen LogP contribution is 2.13. The fourth-order valence-corrected chi connectivity index (χ4v) is 1.98. The molecule has 1 aromatic heterocycles. The van der Waals surface area contributed by atoms with Crippen molar-refractivity contribution in [3.8, 4) is 0 Å². The van der Waals surface area contributed by atoms with Gasteiger partial charge in [0.1, 0.15) is 0 Å². The number of rotatable bonds is 7. The normalized spacial score (nSPS) is 11.6. The largest absolute Gasteiger partial charge is 0.475 e. The summed E-state index contributed by atoms with van der Waals surface area (Å²) >= 11 is 0. The van der Waals surface area contributed by atoms with E-state index in [0.29, 0.717) is 6.61 Å². The van der Waals surface area contributed by atoms with Gasteiger partial charge >= 0.3 is 5.97 Å². The maximum absolute atomic E-state index is 11.6. The number of sulfonamides is 1. The van der Waals surface area contributed by atoms with Crippen LogP contribution in [0, 0.1) is 0 Å². The molecular weight excluding hydrogens is 250 g/mol. The number of ether oxygens (including phenoxy) is 1. The molecule has 0 fully saturated rings. The van der Waals surface area contributed by atoms with Crippen LogP contribution in [0.4, 0.5) is 0 Å². The van der Waals surface area contributed by atoms with E-state index in [1.165, 1.54) is 0 Å². The van der Waals surface area contributed by atoms with Gasteiger partial charge in [-0.3, -0.25) is 0 Å². The van der Waals surface area contributed by atoms with E-state index in [9.17, 15) is 13.2 Å². The highest BCUT2D eigenvalue weighted by atomic mass is 32.2. The first-order valence-corrected chi connectivity index (χ1v) is 6.36. The van der Waals surface area contributed by atoms with Crippen molar-refractivity contribution in [2.45, 2.75) is 12.0 Å². The van der Waals surface area contributed by atoms with Crippen molar-refractivity contribution in [1.29, 1.82) is 0 Å². The smallest absolute Gasteiger partial charge is 0.371 e. The molecule has 0 amide bonds. The lowest BCUT2D eigenvalue weighted by atomic mass is 10.5. The first-order valence-electron chi connectivity index (χ1n) is 4.88. The molecule has 0 unspecified atom stereocenters. The van der Waals surface area contributed by atoms with Gasteiger partial charge in [0.15, 0.2) is 0 Å². The second-order valence-electron chi connectivity index (χ2n) is 3.02. The summed E-state index contributed by atoms with van der Waals surface area (Å²) in [5.74, 6) is -1.74. The lowest BCUT2D eigenvalue weighted by molar-refractivity contribution is 0.0656. The van der Waals surface area contributed by atoms with Crippen molar-refractivity contribution < 1.29 is 27.5 Å². The van der Waals surface area contributed by atoms with E-state index in [0.717, 1.165) is 12.1 Å². The van der Waals surface area contributed by atoms with Crippen LogP contribution in [0.1, 0.15) is 17.5 Å². The van der Waals surface area contributed by atoms with Crippen LogP contribution in [0.15, 0.2) is 21.6 Å². The lowest BCUT2D eigenvalue weighted by Crippen LogP contribution is -2.27. The monoisotopic (exact) mass is 263 g/mol. The Morgan fingerprint density at radius 1 is 1.53 bits per heavy atom. The summed E-state index contributed by atoms with van der Waals surface area (Å²) in [5.41, 5.74) is 0. The minimum absolute atomic E-state index is 0.0965. The van der Waals surface area contributed by atoms with Crippen LogP contribution in [0.5, 0.6) is 0 Å². The molecule has 7 nitrogen and oxygen atoms in total. The molecule has 0 saturated carbocycles. The molecule has 0 atom stereocenters. The first-order chi connectivity index (χ1) is 7.97. The predicted octanol–water partition coefficient (Wildman–Crippen LogP) is 0.293. The third kappa shape index (κ3) is 3.84. The summed E-state index contributed by atoms with van der Waals surface area (Å²) in [7, 11) is -3.81. The third-order valence-electron chi connectivity index (χ3n) is 1.80. The zero-order valence-electron chi connectivity index (χ0n) is 9.17. The van der Waals surface area contributed by atoms with Crippen LogP contribution in [0.25, 0.3) is 0 Å². The molecule has 1 heterocycles. The third-order valence-corrected chi connectivity index (χ3v) is 3.13. The number of aromatic carboxylic acids is 1. The minimum Gasteiger partial charge on any atom is -0.475 e. The Morgan fingerprint density at radius 3 is 2.76 bits per heavy atom. The first kappa shape index (κ1) is 13.7. The molecular formula is C9H13NO6S. The van der Waals surface area contributed by atoms with Gasteiger partial charge < -0.3 is 14.3 Å². The highest BCUT2D eigenvalue weighted by molar-refractivity contribution is 7.89. The highest BCUT2D eigenvalue weighted by Gasteiger charge is 2.20. The zero-order valence-corrected chi connectivity index (χ0v) is 9.99. The van der Waals surface area contributed by atoms with Gasteiger partial charge in [-0.2, -0.15) is 0 Å². The molecule has 0 aliphatic rings. The Kier molecular flexibility index (Phi) is 4.67. The quantitative estimate of drug-likeness (QED) is 0.685. The zero-order chi connectivity index (χ0) is 12.9. The molecule has 0 aromatic carbocycles. The van der Waals surface area contributed by atoms with Gasteiger partial charge in [-0.05, 0) is 19.1 Å². The second-order valence-corrected chi connectivity index (χ2v) is 4.72. The molecule has 0 saturated heterocycles. The number of carboxylic acids is 1. The molecule has 1 aromatic rings. The Balaban J connectivity index is 2.66. The summed E-state index contributed by atoms with van der Waals surface area (Å²) < 4.78 is 35.0. The van der Waals surface area contributed by atoms with E-state index in [1.54, 1.807) is 6.92 Å². The average Bonchev–Trinajstić information content (AvgIpc) is 2.74. The molecule has 0 bridgehead atoms. The Morgan fingerprint density at radius 2 is 2.24 bits per heavy atom. The number of carbonyl (C=O) groups is 1. The van der Waals surface area contributed by atoms with E-state index in [4.69, 9.17) is 9.84 Å². The SMILES string of the molecule is CCOCCNS(=O)(=O)c1ccc(C(=O)O)o1. The molecule has 1 rings (SSSR count). The van der Waals surface area contributed by atoms with E-state index in [1.807, 2.05) is 0 Å². The summed E-state index contributed by atoms with van der Waals surface area (Å²) in [6.45, 7) is 2.62. The van der Waals surface area contributed by atoms with Gasteiger partial charge in [0.05, 0.1) is 6.61 Å². The van der Waals surface area contributed by atoms with Crippen LogP contribution in [-0.4, -0.2) is 39.3 Å². The summed E-state index contributed by atoms with van der Waals surface area (Å²) in [5, 5.41) is 8.16. The fourth-order valence-electron chi connectivity index (χ4n) is 1.04. The summed E-state index contributed by atoms with van der Waals surface area (Å²) in [6, 6.07) is 2.17. The van der Waals surface area contributed by atoms with Gasteiger partial charge in [-0.1, -0.05) is 0 Å². The lowest BCUT2D eigenvalue weighted by Gasteiger charge is -2.03. The van der Waals surface area contributed by atoms with Gasteiger partial charge in [-0.15, -0.1) is 0 Å². The number of hydrogen-bond acceptors (Lipinski definition) is 5. The average molecular weight is 263 g/mol. The number of hydrogen-bond donors (Lipinski definition) is 2. The molecule has 8 heteroatoms. The van der Waals surface area contributed by atoms with E-state index >= 15 is 0 Å². The van der Waals surface area contributed by atoms with Gasteiger partial charge in [-0.25, -0.2) is 17.9 Å². The molecule has 96 valence electrons. The van der Waals surface area contributed by atoms with Crippen molar-refractivity contribution >= 4 is 16.0 Å². The van der Waals surface area contributed by atoms with Crippen LogP contribution >= 0.6 is 0 Å². The van der Waals surface area contributed by atoms with Crippen LogP contribution in [-0.2, 0) is 14.8 Å². The maximum Gasteiger partial charge on any atom is 0.371 e. The predicted molar refractivity (Wildman–Crippen MR) is 57.3 cm³/mol. The number of furan rings is 1. The standard InChI is InChI=1S/C9H13NO6S/c1-2-15-6-5-10-17(13,14)8-4-3-7(16-8)9(11)12/h3-4,10H,2,5-6H2,1H3,(H,11,12). The number of carboxylic acid groups (broad SMARTS) is 1. The Labute approximate surface area is 98.4 Å². The molecule has 0 radical (unpaired) electrons. The van der Waals surface area contributed by atoms with Crippen molar-refractivity contribution in [2.24, 2.45) is 0 Å². The molecule has 0 spiro atoms. The summed E-state index contributed by atoms with van der Waals surface area (Å²) in [6.07, 6.45) is 0. The van der Waals surface area contributed by atoms with E-state index in [-0.39, 0.29) is 13.2 Å². The topological polar surface area (TPSA) is 106 Å². The van der Waals surface area contributed by atoms with Crippen LogP contribution in [0.2, 0.25) is 0 Å². The second kappa shape index (κ2) is 5.80. The van der Waals surface area contributed by atoms with Gasteiger partial charge in [0, 0.05) is 13.2 Å². The van der Waals surface area contributed by atoms with Crippen molar-refractivity contribution in [1.82, 2.24) is 4.72 Å². The van der Waals surface area contributed by atoms with Crippen molar-refractivity contribution in [3.63, 3.8) is 0 Å². The van der Waals surface area contributed by atoms with E-state index < -0.39 is 26.8 Å². The molecule has 0 aliphatic carbocycles. The Bertz CT molecular complexity index is 477. The van der Waals surface area contributed by atoms with E-state index in [2.05, 4.69) is 9.14 Å². The van der Waals surface area contributed by atoms with Crippen molar-refractivity contribution in [3.05, 3.63) is 17.9 Å². The Hall–Kier alpha value is -1.38. The van der Waals surface area contributed by atoms with Gasteiger partial charge in [0.25, 0.3) is 10.0 Å². The minimum atomic E-state index is -3.81. The number of nitrogens with one attached hydrogen (secondary N) is 1. The van der Waals surface area contributed by atoms with Crippen molar-refractivity contribution in [2.75, 3.05) is 19.8 Å². The molecule has 0 aliphatic heterocycles.